The van der Waals surface area contributed by atoms with E-state index in [-0.39, 0.29) is 17.7 Å². The number of aromatic amines is 1. The molecule has 5 nitrogen and oxygen atoms in total. The average Bonchev–Trinajstić information content (AvgIpc) is 2.89. The van der Waals surface area contributed by atoms with E-state index >= 15 is 0 Å². The molecule has 0 aliphatic rings. The number of rotatable bonds is 18. The van der Waals surface area contributed by atoms with Gasteiger partial charge >= 0.3 is 0 Å². The Morgan fingerprint density at radius 3 is 1.94 bits per heavy atom. The summed E-state index contributed by atoms with van der Waals surface area (Å²) < 4.78 is 6.68. The zero-order valence-corrected chi connectivity index (χ0v) is 22.5. The molecule has 0 aliphatic carbocycles. The van der Waals surface area contributed by atoms with Crippen molar-refractivity contribution in [2.24, 2.45) is 0 Å². The van der Waals surface area contributed by atoms with E-state index in [0.717, 1.165) is 30.6 Å². The van der Waals surface area contributed by atoms with Gasteiger partial charge in [0.1, 0.15) is 16.4 Å². The van der Waals surface area contributed by atoms with Crippen LogP contribution in [0.2, 0.25) is 0 Å². The Bertz CT molecular complexity index is 1130. The number of nitrogens with zero attached hydrogens (tertiary/aromatic N) is 1. The topological polar surface area (TPSA) is 64.1 Å². The van der Waals surface area contributed by atoms with Crippen LogP contribution in [0.3, 0.4) is 0 Å². The van der Waals surface area contributed by atoms with Crippen molar-refractivity contribution in [2.45, 2.75) is 103 Å². The highest BCUT2D eigenvalue weighted by Crippen LogP contribution is 2.13. The number of hydrogen-bond donors (Lipinski definition) is 1. The highest BCUT2D eigenvalue weighted by molar-refractivity contribution is 5.49. The summed E-state index contributed by atoms with van der Waals surface area (Å²) >= 11 is 0. The van der Waals surface area contributed by atoms with Crippen molar-refractivity contribution in [3.8, 4) is 5.75 Å². The van der Waals surface area contributed by atoms with E-state index < -0.39 is 0 Å². The van der Waals surface area contributed by atoms with Gasteiger partial charge in [-0.2, -0.15) is 0 Å². The maximum absolute atomic E-state index is 13.1. The second kappa shape index (κ2) is 17.6. The Morgan fingerprint density at radius 1 is 0.861 bits per heavy atom. The van der Waals surface area contributed by atoms with Gasteiger partial charge in [-0.1, -0.05) is 108 Å². The first-order valence-corrected chi connectivity index (χ1v) is 13.9. The molecule has 0 saturated heterocycles. The maximum Gasteiger partial charge on any atom is 0.274 e. The van der Waals surface area contributed by atoms with Crippen molar-refractivity contribution in [3.63, 3.8) is 0 Å². The summed E-state index contributed by atoms with van der Waals surface area (Å²) in [7, 11) is 1.61. The van der Waals surface area contributed by atoms with Gasteiger partial charge in [-0.3, -0.25) is 14.2 Å². The van der Waals surface area contributed by atoms with E-state index in [1.807, 2.05) is 30.3 Å². The molecule has 0 unspecified atom stereocenters. The molecule has 0 atom stereocenters. The largest absolute Gasteiger partial charge is 0.497 e. The molecule has 2 aromatic rings. The summed E-state index contributed by atoms with van der Waals surface area (Å²) in [4.78, 5) is 28.7. The molecule has 2 rings (SSSR count). The molecule has 5 heteroatoms. The minimum absolute atomic E-state index is 0.191. The lowest BCUT2D eigenvalue weighted by molar-refractivity contribution is 0.415. The predicted molar refractivity (Wildman–Crippen MR) is 152 cm³/mol. The minimum Gasteiger partial charge on any atom is -0.497 e. The van der Waals surface area contributed by atoms with Gasteiger partial charge in [-0.05, 0) is 36.6 Å². The normalized spacial score (nSPS) is 12.3. The van der Waals surface area contributed by atoms with Crippen LogP contribution in [0.5, 0.6) is 5.75 Å². The SMILES string of the molecule is C=CCn1c(=O)/c(=C/CCCCCCCCCCCCCCC)[nH]c(=O)/c1=C/c1ccc(OC)cc1. The van der Waals surface area contributed by atoms with Crippen molar-refractivity contribution in [3.05, 3.63) is 73.9 Å². The fraction of sp³-hybridized carbons (Fsp3) is 0.548. The lowest BCUT2D eigenvalue weighted by Gasteiger charge is -2.05. The van der Waals surface area contributed by atoms with Gasteiger partial charge in [0.25, 0.3) is 11.1 Å². The van der Waals surface area contributed by atoms with Crippen LogP contribution in [0, 0.1) is 0 Å². The molecule has 0 radical (unpaired) electrons. The van der Waals surface area contributed by atoms with E-state index in [1.165, 1.54) is 75.2 Å². The number of methoxy groups -OCH3 is 1. The van der Waals surface area contributed by atoms with Crippen LogP contribution in [-0.2, 0) is 6.54 Å². The van der Waals surface area contributed by atoms with Crippen LogP contribution in [-0.4, -0.2) is 16.7 Å². The number of aromatic nitrogens is 2. The molecule has 0 saturated carbocycles. The third-order valence-electron chi connectivity index (χ3n) is 6.63. The molecule has 36 heavy (non-hydrogen) atoms. The Morgan fingerprint density at radius 2 is 1.42 bits per heavy atom. The standard InChI is InChI=1S/C31H46N2O3/c1-4-6-7-8-9-10-11-12-13-14-15-16-17-18-19-28-31(35)33(24-5-2)29(30(34)32-28)25-26-20-22-27(36-3)23-21-26/h5,19-23,25H,2,4,6-18,24H2,1,3H3,(H,32,34)/b28-19-,29-25-. The molecular weight excluding hydrogens is 448 g/mol. The zero-order chi connectivity index (χ0) is 26.0. The molecule has 1 heterocycles. The number of unbranched alkanes of at least 4 members (excludes halogenated alkanes) is 13. The highest BCUT2D eigenvalue weighted by Gasteiger charge is 2.04. The number of nitrogens with one attached hydrogen (secondary N) is 1. The molecule has 1 aromatic heterocycles. The molecule has 0 spiro atoms. The van der Waals surface area contributed by atoms with Gasteiger partial charge in [0, 0.05) is 6.54 Å². The Kier molecular flexibility index (Phi) is 14.4. The van der Waals surface area contributed by atoms with Crippen molar-refractivity contribution < 1.29 is 4.74 Å². The van der Waals surface area contributed by atoms with Crippen LogP contribution < -0.4 is 26.6 Å². The van der Waals surface area contributed by atoms with Gasteiger partial charge < -0.3 is 9.72 Å². The summed E-state index contributed by atoms with van der Waals surface area (Å²) in [5.41, 5.74) is 0.357. The second-order valence-electron chi connectivity index (χ2n) is 9.61. The molecular formula is C31H46N2O3. The fourth-order valence-electron chi connectivity index (χ4n) is 4.48. The van der Waals surface area contributed by atoms with Crippen molar-refractivity contribution in [2.75, 3.05) is 7.11 Å². The van der Waals surface area contributed by atoms with Crippen LogP contribution in [0.25, 0.3) is 12.2 Å². The smallest absolute Gasteiger partial charge is 0.274 e. The quantitative estimate of drug-likeness (QED) is 0.210. The van der Waals surface area contributed by atoms with Crippen LogP contribution >= 0.6 is 0 Å². The summed E-state index contributed by atoms with van der Waals surface area (Å²) in [6.07, 6.45) is 23.1. The molecule has 0 aliphatic heterocycles. The maximum atomic E-state index is 13.1. The highest BCUT2D eigenvalue weighted by atomic mass is 16.5. The summed E-state index contributed by atoms with van der Waals surface area (Å²) in [5.74, 6) is 0.739. The third-order valence-corrected chi connectivity index (χ3v) is 6.63. The van der Waals surface area contributed by atoms with Gasteiger partial charge in [0.2, 0.25) is 0 Å². The van der Waals surface area contributed by atoms with E-state index in [0.29, 0.717) is 10.7 Å². The van der Waals surface area contributed by atoms with E-state index in [2.05, 4.69) is 18.5 Å². The molecule has 0 bridgehead atoms. The van der Waals surface area contributed by atoms with Crippen LogP contribution in [0.15, 0.2) is 46.5 Å². The first kappa shape index (κ1) is 29.4. The number of allylic oxidation sites excluding steroid dienone is 1. The lowest BCUT2D eigenvalue weighted by Crippen LogP contribution is -2.53. The van der Waals surface area contributed by atoms with E-state index in [4.69, 9.17) is 4.74 Å². The second-order valence-corrected chi connectivity index (χ2v) is 9.61. The van der Waals surface area contributed by atoms with Crippen LogP contribution in [0.1, 0.15) is 102 Å². The van der Waals surface area contributed by atoms with Gasteiger partial charge in [-0.15, -0.1) is 6.58 Å². The molecule has 198 valence electrons. The Hall–Kier alpha value is -2.82. The first-order chi connectivity index (χ1) is 17.6. The van der Waals surface area contributed by atoms with Crippen molar-refractivity contribution in [1.29, 1.82) is 0 Å². The Labute approximate surface area is 216 Å². The van der Waals surface area contributed by atoms with Gasteiger partial charge in [0.05, 0.1) is 7.11 Å². The molecule has 0 amide bonds. The molecule has 1 N–H and O–H groups in total. The van der Waals surface area contributed by atoms with E-state index in [9.17, 15) is 9.59 Å². The summed E-state index contributed by atoms with van der Waals surface area (Å²) in [6.45, 7) is 6.30. The van der Waals surface area contributed by atoms with Crippen LogP contribution in [0.4, 0.5) is 0 Å². The number of hydrogen-bond acceptors (Lipinski definition) is 3. The fourth-order valence-corrected chi connectivity index (χ4v) is 4.48. The van der Waals surface area contributed by atoms with E-state index in [1.54, 1.807) is 19.3 Å². The summed E-state index contributed by atoms with van der Waals surface area (Å²) in [5, 5.41) is 0.691. The Balaban J connectivity index is 1.86. The van der Waals surface area contributed by atoms with Gasteiger partial charge in [-0.25, -0.2) is 0 Å². The van der Waals surface area contributed by atoms with Crippen molar-refractivity contribution in [1.82, 2.24) is 9.55 Å². The number of benzene rings is 1. The third kappa shape index (κ3) is 10.4. The average molecular weight is 495 g/mol. The summed E-state index contributed by atoms with van der Waals surface area (Å²) in [6, 6.07) is 7.37. The van der Waals surface area contributed by atoms with Gasteiger partial charge in [0.15, 0.2) is 0 Å². The zero-order valence-electron chi connectivity index (χ0n) is 22.5. The molecule has 0 fully saturated rings. The molecule has 1 aromatic carbocycles. The predicted octanol–water partition coefficient (Wildman–Crippen LogP) is 5.82. The monoisotopic (exact) mass is 494 g/mol. The lowest BCUT2D eigenvalue weighted by atomic mass is 10.0. The minimum atomic E-state index is -0.274. The van der Waals surface area contributed by atoms with Crippen molar-refractivity contribution >= 4 is 12.2 Å². The number of ether oxygens (including phenoxy) is 1. The first-order valence-electron chi connectivity index (χ1n) is 13.9. The number of H-pyrrole nitrogens is 1.